The van der Waals surface area contributed by atoms with E-state index in [1.165, 1.54) is 14.2 Å². The fourth-order valence-corrected chi connectivity index (χ4v) is 4.28. The summed E-state index contributed by atoms with van der Waals surface area (Å²) in [7, 11) is 1.75. The summed E-state index contributed by atoms with van der Waals surface area (Å²) in [5, 5.41) is 0. The Bertz CT molecular complexity index is 271. The molecule has 0 aliphatic carbocycles. The van der Waals surface area contributed by atoms with Crippen LogP contribution in [-0.2, 0) is 32.2 Å². The Morgan fingerprint density at radius 1 is 1.14 bits per heavy atom. The minimum Gasteiger partial charge on any atom is -0.379 e. The largest absolute Gasteiger partial charge is 0.504 e. The van der Waals surface area contributed by atoms with Gasteiger partial charge in [-0.25, -0.2) is 0 Å². The van der Waals surface area contributed by atoms with Gasteiger partial charge in [-0.3, -0.25) is 0 Å². The van der Waals surface area contributed by atoms with Gasteiger partial charge in [0.05, 0.1) is 13.2 Å². The SMILES string of the molecule is COC(OC)O[Si](CCCOCC1CO1)(OC)OC(C)C. The van der Waals surface area contributed by atoms with Gasteiger partial charge >= 0.3 is 8.80 Å². The molecular weight excluding hydrogens is 296 g/mol. The van der Waals surface area contributed by atoms with E-state index in [9.17, 15) is 0 Å². The van der Waals surface area contributed by atoms with Gasteiger partial charge in [-0.2, -0.15) is 0 Å². The minimum absolute atomic E-state index is 0.00763. The van der Waals surface area contributed by atoms with E-state index in [4.69, 9.17) is 32.2 Å². The third-order valence-electron chi connectivity index (χ3n) is 2.86. The van der Waals surface area contributed by atoms with Crippen LogP contribution >= 0.6 is 0 Å². The number of epoxide rings is 1. The Morgan fingerprint density at radius 3 is 2.29 bits per heavy atom. The van der Waals surface area contributed by atoms with E-state index in [0.717, 1.165) is 13.0 Å². The third kappa shape index (κ3) is 7.66. The predicted molar refractivity (Wildman–Crippen MR) is 77.9 cm³/mol. The van der Waals surface area contributed by atoms with Gasteiger partial charge in [-0.1, -0.05) is 0 Å². The highest BCUT2D eigenvalue weighted by molar-refractivity contribution is 6.60. The molecule has 0 bridgehead atoms. The van der Waals surface area contributed by atoms with Gasteiger partial charge in [0.25, 0.3) is 6.48 Å². The van der Waals surface area contributed by atoms with Crippen LogP contribution in [0.4, 0.5) is 0 Å². The maximum Gasteiger partial charge on any atom is 0.504 e. The van der Waals surface area contributed by atoms with E-state index in [0.29, 0.717) is 19.3 Å². The van der Waals surface area contributed by atoms with E-state index < -0.39 is 15.3 Å². The van der Waals surface area contributed by atoms with Crippen molar-refractivity contribution in [3.05, 3.63) is 0 Å². The van der Waals surface area contributed by atoms with Crippen molar-refractivity contribution in [2.75, 3.05) is 41.2 Å². The van der Waals surface area contributed by atoms with Crippen LogP contribution in [0, 0.1) is 0 Å². The Balaban J connectivity index is 2.43. The van der Waals surface area contributed by atoms with Crippen LogP contribution in [0.15, 0.2) is 0 Å². The lowest BCUT2D eigenvalue weighted by Crippen LogP contribution is -2.50. The summed E-state index contributed by atoms with van der Waals surface area (Å²) < 4.78 is 38.1. The first-order valence-electron chi connectivity index (χ1n) is 7.21. The summed E-state index contributed by atoms with van der Waals surface area (Å²) in [5.74, 6) is 0. The normalized spacial score (nSPS) is 21.0. The van der Waals surface area contributed by atoms with Gasteiger partial charge in [-0.15, -0.1) is 0 Å². The molecule has 0 aromatic rings. The molecule has 0 aromatic heterocycles. The molecule has 0 saturated carbocycles. The van der Waals surface area contributed by atoms with E-state index in [1.807, 2.05) is 13.8 Å². The molecule has 0 amide bonds. The number of ether oxygens (including phenoxy) is 4. The monoisotopic (exact) mass is 324 g/mol. The highest BCUT2D eigenvalue weighted by atomic mass is 28.4. The molecular formula is C13H28O7Si. The molecule has 126 valence electrons. The van der Waals surface area contributed by atoms with Crippen LogP contribution in [0.25, 0.3) is 0 Å². The molecule has 1 aliphatic heterocycles. The molecule has 8 heteroatoms. The van der Waals surface area contributed by atoms with E-state index >= 15 is 0 Å². The molecule has 7 nitrogen and oxygen atoms in total. The van der Waals surface area contributed by atoms with Crippen LogP contribution in [0.1, 0.15) is 20.3 Å². The van der Waals surface area contributed by atoms with Crippen molar-refractivity contribution in [3.63, 3.8) is 0 Å². The van der Waals surface area contributed by atoms with Gasteiger partial charge in [0.15, 0.2) is 0 Å². The van der Waals surface area contributed by atoms with Gasteiger partial charge in [0.2, 0.25) is 0 Å². The topological polar surface area (TPSA) is 67.9 Å². The van der Waals surface area contributed by atoms with Crippen molar-refractivity contribution in [1.82, 2.24) is 0 Å². The molecule has 21 heavy (non-hydrogen) atoms. The summed E-state index contributed by atoms with van der Waals surface area (Å²) >= 11 is 0. The molecule has 2 atom stereocenters. The fourth-order valence-electron chi connectivity index (χ4n) is 1.81. The fraction of sp³-hybridized carbons (Fsp3) is 1.00. The molecule has 1 saturated heterocycles. The minimum atomic E-state index is -2.86. The standard InChI is InChI=1S/C13H28O7Si/c1-11(2)19-21(16-5,20-13(14-3)15-4)8-6-7-17-9-12-10-18-12/h11-13H,6-10H2,1-5H3. The zero-order chi connectivity index (χ0) is 15.7. The summed E-state index contributed by atoms with van der Waals surface area (Å²) in [5.41, 5.74) is 0. The number of rotatable bonds is 13. The van der Waals surface area contributed by atoms with E-state index in [-0.39, 0.29) is 12.2 Å². The second-order valence-corrected chi connectivity index (χ2v) is 7.81. The molecule has 0 spiro atoms. The summed E-state index contributed by atoms with van der Waals surface area (Å²) in [6.07, 6.45) is 1.05. The Hall–Kier alpha value is -0.0631. The summed E-state index contributed by atoms with van der Waals surface area (Å²) in [4.78, 5) is 0. The quantitative estimate of drug-likeness (QED) is 0.219. The second kappa shape index (κ2) is 9.85. The molecule has 1 rings (SSSR count). The average molecular weight is 324 g/mol. The van der Waals surface area contributed by atoms with Crippen molar-refractivity contribution in [3.8, 4) is 0 Å². The van der Waals surface area contributed by atoms with Crippen molar-refractivity contribution >= 4 is 8.80 Å². The number of hydrogen-bond donors (Lipinski definition) is 0. The maximum absolute atomic E-state index is 5.92. The van der Waals surface area contributed by atoms with Crippen molar-refractivity contribution < 1.29 is 32.2 Å². The van der Waals surface area contributed by atoms with Crippen LogP contribution in [0.5, 0.6) is 0 Å². The first-order valence-corrected chi connectivity index (χ1v) is 9.14. The summed E-state index contributed by atoms with van der Waals surface area (Å²) in [6, 6.07) is 0.635. The second-order valence-electron chi connectivity index (χ2n) is 5.07. The maximum atomic E-state index is 5.92. The Kier molecular flexibility index (Phi) is 8.91. The third-order valence-corrected chi connectivity index (χ3v) is 5.83. The first-order chi connectivity index (χ1) is 10.0. The smallest absolute Gasteiger partial charge is 0.379 e. The molecule has 1 fully saturated rings. The lowest BCUT2D eigenvalue weighted by atomic mass is 10.5. The molecule has 0 radical (unpaired) electrons. The Morgan fingerprint density at radius 2 is 1.81 bits per heavy atom. The molecule has 1 heterocycles. The van der Waals surface area contributed by atoms with Crippen molar-refractivity contribution in [2.45, 2.75) is 45.0 Å². The van der Waals surface area contributed by atoms with Gasteiger partial charge in [0.1, 0.15) is 6.10 Å². The lowest BCUT2D eigenvalue weighted by molar-refractivity contribution is -0.242. The number of hydrogen-bond acceptors (Lipinski definition) is 7. The van der Waals surface area contributed by atoms with Crippen LogP contribution in [0.2, 0.25) is 6.04 Å². The van der Waals surface area contributed by atoms with E-state index in [1.54, 1.807) is 7.11 Å². The van der Waals surface area contributed by atoms with E-state index in [2.05, 4.69) is 0 Å². The van der Waals surface area contributed by atoms with Crippen LogP contribution in [0.3, 0.4) is 0 Å². The first kappa shape index (κ1) is 19.0. The van der Waals surface area contributed by atoms with Crippen molar-refractivity contribution in [1.29, 1.82) is 0 Å². The zero-order valence-electron chi connectivity index (χ0n) is 13.6. The van der Waals surface area contributed by atoms with Crippen LogP contribution < -0.4 is 0 Å². The zero-order valence-corrected chi connectivity index (χ0v) is 14.6. The van der Waals surface area contributed by atoms with Gasteiger partial charge < -0.3 is 32.2 Å². The Labute approximate surface area is 128 Å². The predicted octanol–water partition coefficient (Wildman–Crippen LogP) is 1.40. The van der Waals surface area contributed by atoms with Gasteiger partial charge in [-0.05, 0) is 20.3 Å². The molecule has 2 unspecified atom stereocenters. The van der Waals surface area contributed by atoms with Gasteiger partial charge in [0, 0.05) is 40.1 Å². The van der Waals surface area contributed by atoms with Crippen LogP contribution in [-0.4, -0.2) is 68.6 Å². The highest BCUT2D eigenvalue weighted by Gasteiger charge is 2.43. The van der Waals surface area contributed by atoms with Crippen molar-refractivity contribution in [2.24, 2.45) is 0 Å². The summed E-state index contributed by atoms with van der Waals surface area (Å²) in [6.45, 7) is 5.16. The highest BCUT2D eigenvalue weighted by Crippen LogP contribution is 2.22. The lowest BCUT2D eigenvalue weighted by Gasteiger charge is -2.32. The molecule has 1 aliphatic rings. The average Bonchev–Trinajstić information content (AvgIpc) is 3.27. The molecule has 0 aromatic carbocycles. The molecule has 0 N–H and O–H groups in total. The number of methoxy groups -OCH3 is 2.